The van der Waals surface area contributed by atoms with E-state index in [1.807, 2.05) is 0 Å². The maximum absolute atomic E-state index is 13.5. The minimum atomic E-state index is -4.49. The zero-order chi connectivity index (χ0) is 16.2. The summed E-state index contributed by atoms with van der Waals surface area (Å²) >= 11 is 0. The Bertz CT molecular complexity index is 487. The van der Waals surface area contributed by atoms with E-state index in [4.69, 9.17) is 0 Å². The molecular weight excluding hydrogens is 300 g/mol. The first-order valence-electron chi connectivity index (χ1n) is 7.33. The van der Waals surface area contributed by atoms with Crippen LogP contribution in [-0.2, 0) is 12.7 Å². The van der Waals surface area contributed by atoms with Gasteiger partial charge in [-0.15, -0.1) is 0 Å². The fourth-order valence-electron chi connectivity index (χ4n) is 2.59. The molecule has 22 heavy (non-hydrogen) atoms. The van der Waals surface area contributed by atoms with Crippen LogP contribution in [0.2, 0.25) is 0 Å². The summed E-state index contributed by atoms with van der Waals surface area (Å²) in [4.78, 5) is 2.14. The van der Waals surface area contributed by atoms with Gasteiger partial charge in [0.1, 0.15) is 5.82 Å². The molecule has 3 nitrogen and oxygen atoms in total. The van der Waals surface area contributed by atoms with Gasteiger partial charge in [0.15, 0.2) is 0 Å². The molecule has 1 heterocycles. The van der Waals surface area contributed by atoms with E-state index in [1.54, 1.807) is 0 Å². The first-order valence-corrected chi connectivity index (χ1v) is 7.33. The molecule has 1 fully saturated rings. The van der Waals surface area contributed by atoms with Crippen molar-refractivity contribution in [2.75, 3.05) is 26.2 Å². The van der Waals surface area contributed by atoms with Crippen molar-refractivity contribution in [1.29, 1.82) is 0 Å². The third-order valence-corrected chi connectivity index (χ3v) is 3.74. The van der Waals surface area contributed by atoms with Crippen molar-refractivity contribution in [2.24, 2.45) is 0 Å². The Morgan fingerprint density at radius 3 is 2.55 bits per heavy atom. The van der Waals surface area contributed by atoms with E-state index in [0.29, 0.717) is 6.54 Å². The quantitative estimate of drug-likeness (QED) is 0.790. The molecule has 0 aromatic heterocycles. The van der Waals surface area contributed by atoms with Crippen LogP contribution in [0.5, 0.6) is 0 Å². The number of hydrogen-bond acceptors (Lipinski definition) is 3. The second-order valence-electron chi connectivity index (χ2n) is 5.60. The molecule has 1 aliphatic heterocycles. The number of aliphatic hydroxyl groups excluding tert-OH is 1. The Hall–Kier alpha value is -1.18. The lowest BCUT2D eigenvalue weighted by Crippen LogP contribution is -2.37. The minimum Gasteiger partial charge on any atom is -0.390 e. The largest absolute Gasteiger partial charge is 0.416 e. The summed E-state index contributed by atoms with van der Waals surface area (Å²) in [5.41, 5.74) is -0.925. The van der Waals surface area contributed by atoms with Crippen LogP contribution in [0.4, 0.5) is 17.6 Å². The van der Waals surface area contributed by atoms with Gasteiger partial charge in [0, 0.05) is 25.2 Å². The van der Waals surface area contributed by atoms with Gasteiger partial charge < -0.3 is 15.3 Å². The zero-order valence-corrected chi connectivity index (χ0v) is 12.2. The van der Waals surface area contributed by atoms with Crippen LogP contribution < -0.4 is 5.32 Å². The molecule has 2 rings (SSSR count). The smallest absolute Gasteiger partial charge is 0.390 e. The van der Waals surface area contributed by atoms with E-state index in [-0.39, 0.29) is 18.7 Å². The summed E-state index contributed by atoms with van der Waals surface area (Å²) in [6, 6.07) is 2.34. The van der Waals surface area contributed by atoms with Crippen molar-refractivity contribution >= 4 is 0 Å². The summed E-state index contributed by atoms with van der Waals surface area (Å²) in [6.07, 6.45) is -2.87. The number of nitrogens with one attached hydrogen (secondary N) is 1. The van der Waals surface area contributed by atoms with Crippen LogP contribution in [0, 0.1) is 5.82 Å². The lowest BCUT2D eigenvalue weighted by molar-refractivity contribution is -0.137. The monoisotopic (exact) mass is 320 g/mol. The first kappa shape index (κ1) is 17.2. The molecule has 1 atom stereocenters. The fourth-order valence-corrected chi connectivity index (χ4v) is 2.59. The van der Waals surface area contributed by atoms with Gasteiger partial charge in [0.25, 0.3) is 0 Å². The fraction of sp³-hybridized carbons (Fsp3) is 0.600. The highest BCUT2D eigenvalue weighted by molar-refractivity contribution is 5.27. The van der Waals surface area contributed by atoms with E-state index in [9.17, 15) is 22.7 Å². The number of halogens is 4. The number of hydrogen-bond donors (Lipinski definition) is 2. The van der Waals surface area contributed by atoms with E-state index in [1.165, 1.54) is 0 Å². The maximum atomic E-state index is 13.5. The lowest BCUT2D eigenvalue weighted by atomic mass is 10.1. The van der Waals surface area contributed by atoms with Crippen LogP contribution in [0.1, 0.15) is 24.0 Å². The summed E-state index contributed by atoms with van der Waals surface area (Å²) in [6.45, 7) is 2.61. The summed E-state index contributed by atoms with van der Waals surface area (Å²) in [5, 5.41) is 12.7. The average molecular weight is 320 g/mol. The molecule has 124 valence electrons. The minimum absolute atomic E-state index is 0.0488. The standard InChI is InChI=1S/C15H20F4N2O/c16-14-4-3-12(15(17,18)19)7-11(14)8-20-9-13(22)10-21-5-1-2-6-21/h3-4,7,13,20,22H,1-2,5-6,8-10H2. The SMILES string of the molecule is OC(CNCc1cc(C(F)(F)F)ccc1F)CN1CCCC1. The second-order valence-corrected chi connectivity index (χ2v) is 5.60. The molecule has 0 aliphatic carbocycles. The number of nitrogens with zero attached hydrogens (tertiary/aromatic N) is 1. The van der Waals surface area contributed by atoms with Crippen LogP contribution in [0.3, 0.4) is 0 Å². The van der Waals surface area contributed by atoms with Crippen LogP contribution in [-0.4, -0.2) is 42.3 Å². The van der Waals surface area contributed by atoms with Crippen molar-refractivity contribution in [3.63, 3.8) is 0 Å². The Balaban J connectivity index is 1.83. The highest BCUT2D eigenvalue weighted by Crippen LogP contribution is 2.30. The molecule has 1 aromatic rings. The van der Waals surface area contributed by atoms with Gasteiger partial charge in [0.2, 0.25) is 0 Å². The molecule has 0 amide bonds. The number of benzene rings is 1. The third kappa shape index (κ3) is 4.93. The van der Waals surface area contributed by atoms with Gasteiger partial charge in [-0.2, -0.15) is 13.2 Å². The zero-order valence-electron chi connectivity index (χ0n) is 12.2. The van der Waals surface area contributed by atoms with Crippen molar-refractivity contribution in [3.8, 4) is 0 Å². The maximum Gasteiger partial charge on any atom is 0.416 e. The van der Waals surface area contributed by atoms with Crippen molar-refractivity contribution in [2.45, 2.75) is 31.7 Å². The highest BCUT2D eigenvalue weighted by Gasteiger charge is 2.31. The van der Waals surface area contributed by atoms with Crippen molar-refractivity contribution in [3.05, 3.63) is 35.1 Å². The molecule has 1 aliphatic rings. The Kier molecular flexibility index (Phi) is 5.77. The second kappa shape index (κ2) is 7.39. The van der Waals surface area contributed by atoms with Crippen LogP contribution in [0.15, 0.2) is 18.2 Å². The molecular formula is C15H20F4N2O. The third-order valence-electron chi connectivity index (χ3n) is 3.74. The predicted molar refractivity (Wildman–Crippen MR) is 74.8 cm³/mol. The first-order chi connectivity index (χ1) is 10.4. The van der Waals surface area contributed by atoms with Gasteiger partial charge in [-0.05, 0) is 44.1 Å². The molecule has 2 N–H and O–H groups in total. The van der Waals surface area contributed by atoms with E-state index >= 15 is 0 Å². The van der Waals surface area contributed by atoms with E-state index in [0.717, 1.165) is 44.1 Å². The van der Waals surface area contributed by atoms with Gasteiger partial charge in [0.05, 0.1) is 11.7 Å². The topological polar surface area (TPSA) is 35.5 Å². The molecule has 1 saturated heterocycles. The molecule has 0 bridgehead atoms. The number of β-amino-alcohol motifs (C(OH)–C–C–N with tert-alkyl or cyclic N) is 1. The van der Waals surface area contributed by atoms with Gasteiger partial charge in [-0.3, -0.25) is 0 Å². The van der Waals surface area contributed by atoms with E-state index < -0.39 is 23.7 Å². The van der Waals surface area contributed by atoms with Gasteiger partial charge in [-0.25, -0.2) is 4.39 Å². The molecule has 0 saturated carbocycles. The number of likely N-dealkylation sites (tertiary alicyclic amines) is 1. The molecule has 0 spiro atoms. The Labute approximate surface area is 126 Å². The number of rotatable bonds is 6. The summed E-state index contributed by atoms with van der Waals surface area (Å²) in [5.74, 6) is -0.686. The number of aliphatic hydroxyl groups is 1. The lowest BCUT2D eigenvalue weighted by Gasteiger charge is -2.19. The number of alkyl halides is 3. The Morgan fingerprint density at radius 1 is 1.23 bits per heavy atom. The molecule has 7 heteroatoms. The van der Waals surface area contributed by atoms with E-state index in [2.05, 4.69) is 10.2 Å². The normalized spacial score (nSPS) is 17.9. The molecule has 0 radical (unpaired) electrons. The Morgan fingerprint density at radius 2 is 1.91 bits per heavy atom. The molecule has 1 aromatic carbocycles. The van der Waals surface area contributed by atoms with Crippen LogP contribution in [0.25, 0.3) is 0 Å². The average Bonchev–Trinajstić information content (AvgIpc) is 2.92. The van der Waals surface area contributed by atoms with Gasteiger partial charge >= 0.3 is 6.18 Å². The van der Waals surface area contributed by atoms with Crippen LogP contribution >= 0.6 is 0 Å². The van der Waals surface area contributed by atoms with Crippen molar-refractivity contribution in [1.82, 2.24) is 10.2 Å². The predicted octanol–water partition coefficient (Wildman–Crippen LogP) is 2.39. The summed E-state index contributed by atoms with van der Waals surface area (Å²) < 4.78 is 51.3. The van der Waals surface area contributed by atoms with Gasteiger partial charge in [-0.1, -0.05) is 0 Å². The molecule has 1 unspecified atom stereocenters. The van der Waals surface area contributed by atoms with Crippen molar-refractivity contribution < 1.29 is 22.7 Å². The highest BCUT2D eigenvalue weighted by atomic mass is 19.4. The summed E-state index contributed by atoms with van der Waals surface area (Å²) in [7, 11) is 0.